The van der Waals surface area contributed by atoms with E-state index in [1.807, 2.05) is 4.68 Å². The number of aromatic nitrogens is 3. The molecule has 0 radical (unpaired) electrons. The average molecular weight is 250 g/mol. The molecule has 18 heavy (non-hydrogen) atoms. The molecule has 0 amide bonds. The van der Waals surface area contributed by atoms with Gasteiger partial charge in [-0.2, -0.15) is 5.10 Å². The topological polar surface area (TPSA) is 42.7 Å². The van der Waals surface area contributed by atoms with Crippen LogP contribution in [0, 0.1) is 5.92 Å². The quantitative estimate of drug-likeness (QED) is 0.873. The van der Waals surface area contributed by atoms with Crippen LogP contribution in [0.2, 0.25) is 0 Å². The predicted octanol–water partition coefficient (Wildman–Crippen LogP) is 2.92. The summed E-state index contributed by atoms with van der Waals surface area (Å²) in [7, 11) is 0. The van der Waals surface area contributed by atoms with Gasteiger partial charge in [0, 0.05) is 12.1 Å². The Morgan fingerprint density at radius 1 is 1.28 bits per heavy atom. The molecule has 1 aliphatic carbocycles. The lowest BCUT2D eigenvalue weighted by Gasteiger charge is -2.28. The molecule has 1 fully saturated rings. The summed E-state index contributed by atoms with van der Waals surface area (Å²) in [5.74, 6) is 1.89. The number of rotatable bonds is 5. The Balaban J connectivity index is 1.84. The summed E-state index contributed by atoms with van der Waals surface area (Å²) in [4.78, 5) is 4.34. The third kappa shape index (κ3) is 3.31. The highest BCUT2D eigenvalue weighted by atomic mass is 15.4. The first-order chi connectivity index (χ1) is 8.68. The van der Waals surface area contributed by atoms with E-state index in [2.05, 4.69) is 36.2 Å². The lowest BCUT2D eigenvalue weighted by atomic mass is 9.84. The maximum Gasteiger partial charge on any atom is 0.141 e. The van der Waals surface area contributed by atoms with Gasteiger partial charge in [0.2, 0.25) is 0 Å². The minimum atomic E-state index is 0.384. The zero-order chi connectivity index (χ0) is 13.0. The second-order valence-electron chi connectivity index (χ2n) is 5.78. The highest BCUT2D eigenvalue weighted by Gasteiger charge is 2.20. The van der Waals surface area contributed by atoms with Crippen LogP contribution in [0.1, 0.15) is 64.7 Å². The van der Waals surface area contributed by atoms with Crippen molar-refractivity contribution in [2.24, 2.45) is 5.92 Å². The largest absolute Gasteiger partial charge is 0.307 e. The standard InChI is InChI=1S/C14H26N4/c1-11(2)18-14(16-10-17-18)9-15-12(3)13-7-5-4-6-8-13/h10-13,15H,4-9H2,1-3H3/t12-/m1/s1. The van der Waals surface area contributed by atoms with Crippen molar-refractivity contribution >= 4 is 0 Å². The Morgan fingerprint density at radius 3 is 2.67 bits per heavy atom. The minimum absolute atomic E-state index is 0.384. The molecular weight excluding hydrogens is 224 g/mol. The van der Waals surface area contributed by atoms with Crippen molar-refractivity contribution in [3.8, 4) is 0 Å². The summed E-state index contributed by atoms with van der Waals surface area (Å²) < 4.78 is 2.00. The Bertz CT molecular complexity index is 352. The third-order valence-corrected chi connectivity index (χ3v) is 4.08. The molecule has 1 saturated carbocycles. The molecule has 0 bridgehead atoms. The Hall–Kier alpha value is -0.900. The van der Waals surface area contributed by atoms with Crippen LogP contribution in [-0.4, -0.2) is 20.8 Å². The summed E-state index contributed by atoms with van der Waals surface area (Å²) >= 11 is 0. The molecule has 1 heterocycles. The smallest absolute Gasteiger partial charge is 0.141 e. The average Bonchev–Trinajstić information content (AvgIpc) is 2.85. The van der Waals surface area contributed by atoms with Crippen molar-refractivity contribution < 1.29 is 0 Å². The van der Waals surface area contributed by atoms with Gasteiger partial charge in [-0.1, -0.05) is 19.3 Å². The van der Waals surface area contributed by atoms with E-state index in [0.717, 1.165) is 18.3 Å². The van der Waals surface area contributed by atoms with Crippen LogP contribution in [0.5, 0.6) is 0 Å². The molecule has 0 spiro atoms. The van der Waals surface area contributed by atoms with E-state index in [1.54, 1.807) is 6.33 Å². The van der Waals surface area contributed by atoms with Crippen LogP contribution in [0.3, 0.4) is 0 Å². The van der Waals surface area contributed by atoms with Crippen LogP contribution in [0.15, 0.2) is 6.33 Å². The van der Waals surface area contributed by atoms with E-state index >= 15 is 0 Å². The van der Waals surface area contributed by atoms with Crippen LogP contribution < -0.4 is 5.32 Å². The van der Waals surface area contributed by atoms with Gasteiger partial charge in [0.1, 0.15) is 12.2 Å². The minimum Gasteiger partial charge on any atom is -0.307 e. The summed E-state index contributed by atoms with van der Waals surface area (Å²) in [5.41, 5.74) is 0. The van der Waals surface area contributed by atoms with Crippen molar-refractivity contribution in [2.75, 3.05) is 0 Å². The van der Waals surface area contributed by atoms with Crippen LogP contribution >= 0.6 is 0 Å². The SMILES string of the molecule is CC(C)n1ncnc1CN[C@H](C)C1CCCCC1. The molecule has 0 aromatic carbocycles. The maximum absolute atomic E-state index is 4.34. The zero-order valence-electron chi connectivity index (χ0n) is 11.9. The van der Waals surface area contributed by atoms with Gasteiger partial charge in [0.25, 0.3) is 0 Å². The fourth-order valence-electron chi connectivity index (χ4n) is 2.89. The summed E-state index contributed by atoms with van der Waals surface area (Å²) in [5, 5.41) is 7.90. The molecule has 1 N–H and O–H groups in total. The molecule has 4 nitrogen and oxygen atoms in total. The van der Waals surface area contributed by atoms with Crippen molar-refractivity contribution in [3.05, 3.63) is 12.2 Å². The predicted molar refractivity (Wildman–Crippen MR) is 73.3 cm³/mol. The van der Waals surface area contributed by atoms with Gasteiger partial charge in [-0.05, 0) is 39.5 Å². The molecule has 0 aliphatic heterocycles. The van der Waals surface area contributed by atoms with Gasteiger partial charge >= 0.3 is 0 Å². The van der Waals surface area contributed by atoms with Crippen LogP contribution in [-0.2, 0) is 6.54 Å². The highest BCUT2D eigenvalue weighted by Crippen LogP contribution is 2.26. The van der Waals surface area contributed by atoms with Crippen molar-refractivity contribution in [1.82, 2.24) is 20.1 Å². The van der Waals surface area contributed by atoms with E-state index in [4.69, 9.17) is 0 Å². The third-order valence-electron chi connectivity index (χ3n) is 4.08. The van der Waals surface area contributed by atoms with Gasteiger partial charge in [-0.25, -0.2) is 9.67 Å². The monoisotopic (exact) mass is 250 g/mol. The van der Waals surface area contributed by atoms with Crippen molar-refractivity contribution in [1.29, 1.82) is 0 Å². The van der Waals surface area contributed by atoms with Crippen molar-refractivity contribution in [3.63, 3.8) is 0 Å². The van der Waals surface area contributed by atoms with E-state index in [-0.39, 0.29) is 0 Å². The molecule has 102 valence electrons. The molecular formula is C14H26N4. The van der Waals surface area contributed by atoms with Gasteiger partial charge in [0.05, 0.1) is 6.54 Å². The van der Waals surface area contributed by atoms with Crippen LogP contribution in [0.4, 0.5) is 0 Å². The lowest BCUT2D eigenvalue weighted by molar-refractivity contribution is 0.277. The molecule has 1 aromatic rings. The van der Waals surface area contributed by atoms with Crippen LogP contribution in [0.25, 0.3) is 0 Å². The highest BCUT2D eigenvalue weighted by molar-refractivity contribution is 4.87. The zero-order valence-corrected chi connectivity index (χ0v) is 11.9. The van der Waals surface area contributed by atoms with E-state index in [1.165, 1.54) is 32.1 Å². The Labute approximate surface area is 110 Å². The summed E-state index contributed by atoms with van der Waals surface area (Å²) in [6.45, 7) is 7.42. The second-order valence-corrected chi connectivity index (χ2v) is 5.78. The van der Waals surface area contributed by atoms with Gasteiger partial charge < -0.3 is 5.32 Å². The molecule has 0 saturated heterocycles. The number of hydrogen-bond donors (Lipinski definition) is 1. The Kier molecular flexibility index (Phi) is 4.75. The fourth-order valence-corrected chi connectivity index (χ4v) is 2.89. The number of hydrogen-bond acceptors (Lipinski definition) is 3. The lowest BCUT2D eigenvalue weighted by Crippen LogP contribution is -2.35. The number of nitrogens with one attached hydrogen (secondary N) is 1. The fraction of sp³-hybridized carbons (Fsp3) is 0.857. The normalized spacial score (nSPS) is 19.3. The first-order valence-corrected chi connectivity index (χ1v) is 7.30. The van der Waals surface area contributed by atoms with Crippen molar-refractivity contribution in [2.45, 2.75) is 71.5 Å². The second kappa shape index (κ2) is 6.32. The van der Waals surface area contributed by atoms with Gasteiger partial charge in [-0.3, -0.25) is 0 Å². The molecule has 0 unspecified atom stereocenters. The van der Waals surface area contributed by atoms with Gasteiger partial charge in [-0.15, -0.1) is 0 Å². The first-order valence-electron chi connectivity index (χ1n) is 7.30. The maximum atomic E-state index is 4.34. The van der Waals surface area contributed by atoms with Gasteiger partial charge in [0.15, 0.2) is 0 Å². The Morgan fingerprint density at radius 2 is 2.00 bits per heavy atom. The summed E-state index contributed by atoms with van der Waals surface area (Å²) in [6, 6.07) is 0.969. The summed E-state index contributed by atoms with van der Waals surface area (Å²) in [6.07, 6.45) is 8.64. The van der Waals surface area contributed by atoms with E-state index in [0.29, 0.717) is 12.1 Å². The van der Waals surface area contributed by atoms with E-state index < -0.39 is 0 Å². The molecule has 4 heteroatoms. The van der Waals surface area contributed by atoms with E-state index in [9.17, 15) is 0 Å². The first kappa shape index (κ1) is 13.5. The molecule has 2 rings (SSSR count). The molecule has 1 atom stereocenters. The molecule has 1 aliphatic rings. The number of nitrogens with zero attached hydrogens (tertiary/aromatic N) is 3. The molecule has 1 aromatic heterocycles.